The highest BCUT2D eigenvalue weighted by molar-refractivity contribution is 7.90. The van der Waals surface area contributed by atoms with Crippen molar-refractivity contribution in [3.05, 3.63) is 69.7 Å². The average molecular weight is 568 g/mol. The van der Waals surface area contributed by atoms with Gasteiger partial charge in [0.25, 0.3) is 0 Å². The quantitative estimate of drug-likeness (QED) is 0.418. The number of nitrogens with zero attached hydrogens (tertiary/aromatic N) is 2. The van der Waals surface area contributed by atoms with Crippen molar-refractivity contribution in [2.45, 2.75) is 62.3 Å². The summed E-state index contributed by atoms with van der Waals surface area (Å²) in [6, 6.07) is 13.8. The van der Waals surface area contributed by atoms with Crippen LogP contribution in [0, 0.1) is 5.92 Å². The van der Waals surface area contributed by atoms with Crippen LogP contribution in [0.1, 0.15) is 62.1 Å². The summed E-state index contributed by atoms with van der Waals surface area (Å²) >= 11 is 12.5. The zero-order valence-corrected chi connectivity index (χ0v) is 23.2. The molecule has 37 heavy (non-hydrogen) atoms. The van der Waals surface area contributed by atoms with Crippen molar-refractivity contribution in [1.82, 2.24) is 9.21 Å². The van der Waals surface area contributed by atoms with Crippen LogP contribution in [0.15, 0.2) is 48.5 Å². The van der Waals surface area contributed by atoms with Crippen molar-refractivity contribution in [2.24, 2.45) is 5.92 Å². The van der Waals surface area contributed by atoms with E-state index in [0.717, 1.165) is 11.1 Å². The summed E-state index contributed by atoms with van der Waals surface area (Å²) in [5.74, 6) is -2.31. The molecule has 1 heterocycles. The van der Waals surface area contributed by atoms with Crippen LogP contribution < -0.4 is 0 Å². The first kappa shape index (κ1) is 27.9. The number of amides is 1. The first-order chi connectivity index (χ1) is 17.5. The number of rotatable bonds is 10. The highest BCUT2D eigenvalue weighted by Gasteiger charge is 2.47. The minimum absolute atomic E-state index is 0.132. The van der Waals surface area contributed by atoms with Crippen molar-refractivity contribution < 1.29 is 23.1 Å². The van der Waals surface area contributed by atoms with E-state index in [1.165, 1.54) is 4.31 Å². The molecule has 0 unspecified atom stereocenters. The monoisotopic (exact) mass is 566 g/mol. The summed E-state index contributed by atoms with van der Waals surface area (Å²) in [7, 11) is -1.89. The van der Waals surface area contributed by atoms with Crippen molar-refractivity contribution in [3.63, 3.8) is 0 Å². The molecule has 200 valence electrons. The lowest BCUT2D eigenvalue weighted by Crippen LogP contribution is -2.55. The molecule has 1 N–H and O–H groups in total. The van der Waals surface area contributed by atoms with E-state index >= 15 is 0 Å². The maximum Gasteiger partial charge on any atom is 0.304 e. The van der Waals surface area contributed by atoms with Gasteiger partial charge >= 0.3 is 5.97 Å². The lowest BCUT2D eigenvalue weighted by molar-refractivity contribution is -0.152. The molecular weight excluding hydrogens is 535 g/mol. The van der Waals surface area contributed by atoms with Crippen molar-refractivity contribution >= 4 is 45.1 Å². The number of carbonyl (C=O) groups is 2. The lowest BCUT2D eigenvalue weighted by atomic mass is 9.74. The number of likely N-dealkylation sites (N-methyl/N-ethyl adjacent to an activating group) is 1. The Kier molecular flexibility index (Phi) is 8.53. The Morgan fingerprint density at radius 1 is 1.11 bits per heavy atom. The molecule has 4 atom stereocenters. The van der Waals surface area contributed by atoms with Gasteiger partial charge in [-0.3, -0.25) is 9.59 Å². The Labute approximate surface area is 228 Å². The fourth-order valence-corrected chi connectivity index (χ4v) is 7.36. The minimum Gasteiger partial charge on any atom is -0.481 e. The number of carboxylic acid groups (broad SMARTS) is 1. The van der Waals surface area contributed by atoms with Gasteiger partial charge in [0, 0.05) is 41.5 Å². The third kappa shape index (κ3) is 6.14. The molecule has 1 amide bonds. The first-order valence-corrected chi connectivity index (χ1v) is 14.8. The van der Waals surface area contributed by atoms with Gasteiger partial charge in [-0.2, -0.15) is 0 Å². The molecule has 2 fully saturated rings. The molecule has 2 aromatic rings. The number of benzene rings is 2. The summed E-state index contributed by atoms with van der Waals surface area (Å²) in [5, 5.41) is 10.4. The molecule has 10 heteroatoms. The van der Waals surface area contributed by atoms with E-state index in [1.54, 1.807) is 30.1 Å². The van der Waals surface area contributed by atoms with Crippen LogP contribution in [0.3, 0.4) is 0 Å². The maximum atomic E-state index is 14.0. The number of hydrogen-bond acceptors (Lipinski definition) is 4. The molecular formula is C27H32Cl2N2O5S. The topological polar surface area (TPSA) is 95.0 Å². The standard InChI is InChI=1S/C27H32Cl2N2O5S/c1-3-22(16-30(2)37(35,36)23-11-12-23)31-26(17-7-9-20(28)10-8-17)24(18-5-4-6-21(29)13-18)14-19(27(31)34)15-25(32)33/h4-10,13,19,22-24,26H,3,11-12,14-16H2,1-2H3,(H,32,33)/t19-,22+,24-,26-/m1/s1. The van der Waals surface area contributed by atoms with E-state index in [4.69, 9.17) is 23.2 Å². The zero-order chi connectivity index (χ0) is 26.9. The number of carbonyl (C=O) groups excluding carboxylic acids is 1. The third-order valence-corrected chi connectivity index (χ3v) is 10.3. The van der Waals surface area contributed by atoms with Gasteiger partial charge in [0.2, 0.25) is 15.9 Å². The Balaban J connectivity index is 1.81. The molecule has 1 aliphatic heterocycles. The number of aliphatic carboxylic acids is 1. The summed E-state index contributed by atoms with van der Waals surface area (Å²) in [6.07, 6.45) is 1.84. The smallest absolute Gasteiger partial charge is 0.304 e. The minimum atomic E-state index is -3.45. The summed E-state index contributed by atoms with van der Waals surface area (Å²) in [6.45, 7) is 2.05. The fraction of sp³-hybridized carbons (Fsp3) is 0.481. The van der Waals surface area contributed by atoms with Crippen molar-refractivity contribution in [3.8, 4) is 0 Å². The summed E-state index contributed by atoms with van der Waals surface area (Å²) < 4.78 is 27.3. The molecule has 2 aromatic carbocycles. The Morgan fingerprint density at radius 3 is 2.35 bits per heavy atom. The number of likely N-dealkylation sites (tertiary alicyclic amines) is 1. The van der Waals surface area contributed by atoms with E-state index in [2.05, 4.69) is 0 Å². The molecule has 7 nitrogen and oxygen atoms in total. The van der Waals surface area contributed by atoms with E-state index < -0.39 is 34.0 Å². The van der Waals surface area contributed by atoms with Gasteiger partial charge in [-0.15, -0.1) is 0 Å². The molecule has 0 bridgehead atoms. The molecule has 2 aliphatic rings. The second-order valence-electron chi connectivity index (χ2n) is 10.0. The Morgan fingerprint density at radius 2 is 1.78 bits per heavy atom. The zero-order valence-electron chi connectivity index (χ0n) is 20.9. The van der Waals surface area contributed by atoms with Crippen LogP contribution in [0.2, 0.25) is 10.0 Å². The molecule has 0 radical (unpaired) electrons. The lowest BCUT2D eigenvalue weighted by Gasteiger charge is -2.49. The van der Waals surface area contributed by atoms with Gasteiger partial charge in [0.05, 0.1) is 17.7 Å². The Bertz CT molecular complexity index is 1250. The van der Waals surface area contributed by atoms with Crippen LogP contribution in [-0.4, -0.2) is 59.5 Å². The van der Waals surface area contributed by atoms with Gasteiger partial charge in [-0.25, -0.2) is 12.7 Å². The van der Waals surface area contributed by atoms with Crippen molar-refractivity contribution in [2.75, 3.05) is 13.6 Å². The second kappa shape index (κ2) is 11.3. The third-order valence-electron chi connectivity index (χ3n) is 7.44. The van der Waals surface area contributed by atoms with Crippen LogP contribution in [-0.2, 0) is 19.6 Å². The summed E-state index contributed by atoms with van der Waals surface area (Å²) in [4.78, 5) is 27.5. The van der Waals surface area contributed by atoms with E-state index in [0.29, 0.717) is 35.7 Å². The largest absolute Gasteiger partial charge is 0.481 e. The van der Waals surface area contributed by atoms with E-state index in [-0.39, 0.29) is 30.0 Å². The molecule has 1 aliphatic carbocycles. The highest BCUT2D eigenvalue weighted by atomic mass is 35.5. The van der Waals surface area contributed by atoms with E-state index in [9.17, 15) is 23.1 Å². The van der Waals surface area contributed by atoms with Gasteiger partial charge in [0.15, 0.2) is 0 Å². The normalized spacial score (nSPS) is 23.3. The molecule has 0 aromatic heterocycles. The van der Waals surface area contributed by atoms with Gasteiger partial charge in [-0.05, 0) is 61.1 Å². The van der Waals surface area contributed by atoms with Gasteiger partial charge < -0.3 is 10.0 Å². The Hall–Kier alpha value is -2.13. The number of sulfonamides is 1. The van der Waals surface area contributed by atoms with Crippen LogP contribution in [0.4, 0.5) is 0 Å². The number of hydrogen-bond donors (Lipinski definition) is 1. The number of halogens is 2. The van der Waals surface area contributed by atoms with Crippen LogP contribution >= 0.6 is 23.2 Å². The molecule has 0 spiro atoms. The fourth-order valence-electron chi connectivity index (χ4n) is 5.41. The SMILES string of the molecule is CC[C@@H](CN(C)S(=O)(=O)C1CC1)N1C(=O)[C@@H](CC(=O)O)C[C@H](c2cccc(Cl)c2)[C@H]1c1ccc(Cl)cc1. The van der Waals surface area contributed by atoms with Crippen LogP contribution in [0.25, 0.3) is 0 Å². The number of piperidine rings is 1. The molecule has 1 saturated heterocycles. The second-order valence-corrected chi connectivity index (χ2v) is 13.2. The average Bonchev–Trinajstić information content (AvgIpc) is 3.70. The highest BCUT2D eigenvalue weighted by Crippen LogP contribution is 2.48. The predicted octanol–water partition coefficient (Wildman–Crippen LogP) is 5.34. The van der Waals surface area contributed by atoms with Crippen LogP contribution in [0.5, 0.6) is 0 Å². The first-order valence-electron chi connectivity index (χ1n) is 12.5. The molecule has 1 saturated carbocycles. The van der Waals surface area contributed by atoms with Crippen molar-refractivity contribution in [1.29, 1.82) is 0 Å². The number of carboxylic acids is 1. The summed E-state index contributed by atoms with van der Waals surface area (Å²) in [5.41, 5.74) is 1.75. The van der Waals surface area contributed by atoms with Gasteiger partial charge in [-0.1, -0.05) is 54.4 Å². The predicted molar refractivity (Wildman–Crippen MR) is 144 cm³/mol. The maximum absolute atomic E-state index is 14.0. The van der Waals surface area contributed by atoms with E-state index in [1.807, 2.05) is 37.3 Å². The van der Waals surface area contributed by atoms with Gasteiger partial charge in [0.1, 0.15) is 0 Å². The molecule has 4 rings (SSSR count).